The van der Waals surface area contributed by atoms with Gasteiger partial charge in [-0.15, -0.1) is 0 Å². The predicted octanol–water partition coefficient (Wildman–Crippen LogP) is 2.47. The average molecular weight is 279 g/mol. The zero-order chi connectivity index (χ0) is 14.7. The van der Waals surface area contributed by atoms with Crippen molar-refractivity contribution >= 4 is 17.1 Å². The van der Waals surface area contributed by atoms with E-state index in [9.17, 15) is 10.1 Å². The first-order valence-corrected chi connectivity index (χ1v) is 6.82. The van der Waals surface area contributed by atoms with Gasteiger partial charge in [0.2, 0.25) is 0 Å². The van der Waals surface area contributed by atoms with Gasteiger partial charge in [-0.05, 0) is 32.8 Å². The van der Waals surface area contributed by atoms with Crippen LogP contribution in [0.5, 0.6) is 0 Å². The van der Waals surface area contributed by atoms with Crippen LogP contribution < -0.4 is 16.7 Å². The largest absolute Gasteiger partial charge is 0.324 e. The van der Waals surface area contributed by atoms with E-state index in [2.05, 4.69) is 29.7 Å². The molecule has 0 amide bonds. The van der Waals surface area contributed by atoms with Gasteiger partial charge < -0.3 is 10.9 Å². The van der Waals surface area contributed by atoms with Gasteiger partial charge in [0.25, 0.3) is 5.69 Å². The third-order valence-electron chi connectivity index (χ3n) is 3.75. The van der Waals surface area contributed by atoms with Crippen LogP contribution in [0.2, 0.25) is 0 Å². The van der Waals surface area contributed by atoms with Crippen LogP contribution in [0, 0.1) is 10.1 Å². The number of nitro benzene ring substituents is 1. The lowest BCUT2D eigenvalue weighted by molar-refractivity contribution is -0.384. The monoisotopic (exact) mass is 279 g/mol. The number of nitrogens with one attached hydrogen (secondary N) is 2. The molecule has 0 aromatic heterocycles. The Labute approximate surface area is 118 Å². The van der Waals surface area contributed by atoms with Crippen LogP contribution in [0.15, 0.2) is 18.2 Å². The standard InChI is InChI=1S/C13H21N5O2/c1-9-4-3-5-10(2)17(9)16-12-6-11(15-14)7-13(8-12)18(19)20/h6-10,15-16H,3-5,14H2,1-2H3. The third kappa shape index (κ3) is 3.17. The molecule has 0 saturated carbocycles. The number of anilines is 2. The summed E-state index contributed by atoms with van der Waals surface area (Å²) in [5.41, 5.74) is 6.94. The molecule has 0 aliphatic carbocycles. The molecular weight excluding hydrogens is 258 g/mol. The van der Waals surface area contributed by atoms with Crippen molar-refractivity contribution in [2.75, 3.05) is 10.9 Å². The lowest BCUT2D eigenvalue weighted by Crippen LogP contribution is -2.47. The van der Waals surface area contributed by atoms with Gasteiger partial charge in [-0.3, -0.25) is 16.0 Å². The molecule has 110 valence electrons. The number of hydrogen-bond acceptors (Lipinski definition) is 6. The van der Waals surface area contributed by atoms with Gasteiger partial charge in [0, 0.05) is 24.2 Å². The van der Waals surface area contributed by atoms with Crippen LogP contribution in [0.3, 0.4) is 0 Å². The van der Waals surface area contributed by atoms with Crippen LogP contribution in [0.1, 0.15) is 33.1 Å². The maximum absolute atomic E-state index is 10.9. The second-order valence-electron chi connectivity index (χ2n) is 5.32. The first-order valence-electron chi connectivity index (χ1n) is 6.82. The maximum Gasteiger partial charge on any atom is 0.273 e. The van der Waals surface area contributed by atoms with E-state index in [1.165, 1.54) is 18.6 Å². The zero-order valence-electron chi connectivity index (χ0n) is 11.8. The van der Waals surface area contributed by atoms with E-state index in [0.717, 1.165) is 12.8 Å². The summed E-state index contributed by atoms with van der Waals surface area (Å²) in [6.07, 6.45) is 3.45. The van der Waals surface area contributed by atoms with Gasteiger partial charge >= 0.3 is 0 Å². The number of nitro groups is 1. The van der Waals surface area contributed by atoms with Crippen molar-refractivity contribution in [2.24, 2.45) is 5.84 Å². The number of nitrogen functional groups attached to an aromatic ring is 1. The summed E-state index contributed by atoms with van der Waals surface area (Å²) in [6.45, 7) is 4.31. The molecule has 1 aliphatic heterocycles. The molecule has 2 atom stereocenters. The number of non-ortho nitro benzene ring substituents is 1. The molecular formula is C13H21N5O2. The van der Waals surface area contributed by atoms with Crippen molar-refractivity contribution in [3.63, 3.8) is 0 Å². The van der Waals surface area contributed by atoms with Crippen LogP contribution in [-0.4, -0.2) is 22.0 Å². The molecule has 7 nitrogen and oxygen atoms in total. The summed E-state index contributed by atoms with van der Waals surface area (Å²) in [5, 5.41) is 13.1. The fourth-order valence-electron chi connectivity index (χ4n) is 2.66. The molecule has 1 saturated heterocycles. The van der Waals surface area contributed by atoms with Gasteiger partial charge in [0.05, 0.1) is 16.3 Å². The molecule has 1 fully saturated rings. The van der Waals surface area contributed by atoms with Gasteiger partial charge in [-0.2, -0.15) is 0 Å². The number of nitrogens with two attached hydrogens (primary N) is 1. The second kappa shape index (κ2) is 6.06. The Kier molecular flexibility index (Phi) is 4.41. The summed E-state index contributed by atoms with van der Waals surface area (Å²) in [5.74, 6) is 5.36. The Hall–Kier alpha value is -1.86. The molecule has 1 heterocycles. The molecule has 0 bridgehead atoms. The molecule has 2 rings (SSSR count). The van der Waals surface area contributed by atoms with E-state index >= 15 is 0 Å². The van der Waals surface area contributed by atoms with Crippen molar-refractivity contribution in [2.45, 2.75) is 45.2 Å². The van der Waals surface area contributed by atoms with Crippen molar-refractivity contribution in [3.8, 4) is 0 Å². The highest BCUT2D eigenvalue weighted by atomic mass is 16.6. The minimum Gasteiger partial charge on any atom is -0.324 e. The van der Waals surface area contributed by atoms with E-state index in [1.54, 1.807) is 6.07 Å². The van der Waals surface area contributed by atoms with E-state index in [0.29, 0.717) is 23.5 Å². The number of rotatable bonds is 4. The Morgan fingerprint density at radius 2 is 1.85 bits per heavy atom. The molecule has 2 unspecified atom stereocenters. The Morgan fingerprint density at radius 1 is 1.25 bits per heavy atom. The van der Waals surface area contributed by atoms with E-state index in [1.807, 2.05) is 0 Å². The molecule has 7 heteroatoms. The minimum atomic E-state index is -0.422. The molecule has 1 aliphatic rings. The van der Waals surface area contributed by atoms with Gasteiger partial charge in [-0.1, -0.05) is 6.42 Å². The third-order valence-corrected chi connectivity index (χ3v) is 3.75. The van der Waals surface area contributed by atoms with Gasteiger partial charge in [0.1, 0.15) is 0 Å². The van der Waals surface area contributed by atoms with E-state index in [4.69, 9.17) is 5.84 Å². The molecule has 0 spiro atoms. The first kappa shape index (κ1) is 14.5. The highest BCUT2D eigenvalue weighted by Crippen LogP contribution is 2.27. The quantitative estimate of drug-likeness (QED) is 0.445. The van der Waals surface area contributed by atoms with Crippen LogP contribution in [0.25, 0.3) is 0 Å². The van der Waals surface area contributed by atoms with E-state index < -0.39 is 4.92 Å². The number of benzene rings is 1. The fourth-order valence-corrected chi connectivity index (χ4v) is 2.66. The van der Waals surface area contributed by atoms with Crippen molar-refractivity contribution in [1.29, 1.82) is 0 Å². The molecule has 20 heavy (non-hydrogen) atoms. The normalized spacial score (nSPS) is 23.4. The van der Waals surface area contributed by atoms with Crippen molar-refractivity contribution in [3.05, 3.63) is 28.3 Å². The molecule has 1 aromatic rings. The summed E-state index contributed by atoms with van der Waals surface area (Å²) >= 11 is 0. The highest BCUT2D eigenvalue weighted by molar-refractivity contribution is 5.62. The SMILES string of the molecule is CC1CCCC(C)N1Nc1cc(NN)cc([N+](=O)[O-])c1. The Balaban J connectivity index is 2.23. The highest BCUT2D eigenvalue weighted by Gasteiger charge is 2.25. The summed E-state index contributed by atoms with van der Waals surface area (Å²) in [7, 11) is 0. The summed E-state index contributed by atoms with van der Waals surface area (Å²) < 4.78 is 0. The molecule has 0 radical (unpaired) electrons. The van der Waals surface area contributed by atoms with Crippen molar-refractivity contribution in [1.82, 2.24) is 5.01 Å². The Bertz CT molecular complexity index is 484. The predicted molar refractivity (Wildman–Crippen MR) is 79.1 cm³/mol. The minimum absolute atomic E-state index is 0.0141. The van der Waals surface area contributed by atoms with Crippen molar-refractivity contribution < 1.29 is 4.92 Å². The fraction of sp³-hybridized carbons (Fsp3) is 0.538. The van der Waals surface area contributed by atoms with Gasteiger partial charge in [0.15, 0.2) is 0 Å². The smallest absolute Gasteiger partial charge is 0.273 e. The van der Waals surface area contributed by atoms with Crippen LogP contribution in [-0.2, 0) is 0 Å². The zero-order valence-corrected chi connectivity index (χ0v) is 11.8. The lowest BCUT2D eigenvalue weighted by atomic mass is 10.00. The maximum atomic E-state index is 10.9. The number of nitrogens with zero attached hydrogens (tertiary/aromatic N) is 2. The number of piperidine rings is 1. The first-order chi connectivity index (χ1) is 9.51. The summed E-state index contributed by atoms with van der Waals surface area (Å²) in [4.78, 5) is 10.5. The number of hydrogen-bond donors (Lipinski definition) is 3. The van der Waals surface area contributed by atoms with Gasteiger partial charge in [-0.25, -0.2) is 5.01 Å². The average Bonchev–Trinajstić information content (AvgIpc) is 2.42. The summed E-state index contributed by atoms with van der Waals surface area (Å²) in [6, 6.07) is 5.49. The second-order valence-corrected chi connectivity index (χ2v) is 5.32. The van der Waals surface area contributed by atoms with E-state index in [-0.39, 0.29) is 5.69 Å². The Morgan fingerprint density at radius 3 is 2.40 bits per heavy atom. The molecule has 1 aromatic carbocycles. The van der Waals surface area contributed by atoms with Crippen LogP contribution >= 0.6 is 0 Å². The molecule has 4 N–H and O–H groups in total. The number of hydrazine groups is 2. The van der Waals surface area contributed by atoms with Crippen LogP contribution in [0.4, 0.5) is 17.1 Å². The topological polar surface area (TPSA) is 96.5 Å². The lowest BCUT2D eigenvalue weighted by Gasteiger charge is -2.39.